The number of hydrogen-bond acceptors (Lipinski definition) is 7. The van der Waals surface area contributed by atoms with Crippen molar-refractivity contribution >= 4 is 17.6 Å². The summed E-state index contributed by atoms with van der Waals surface area (Å²) >= 11 is 0. The molecule has 28 heavy (non-hydrogen) atoms. The fourth-order valence-corrected chi connectivity index (χ4v) is 2.62. The van der Waals surface area contributed by atoms with Gasteiger partial charge in [0.1, 0.15) is 5.56 Å². The number of fused-ring (bicyclic) bond motifs is 1. The molecule has 3 rings (SSSR count). The molecule has 0 N–H and O–H groups in total. The number of aryl methyl sites for hydroxylation is 1. The van der Waals surface area contributed by atoms with Gasteiger partial charge >= 0.3 is 5.97 Å². The van der Waals surface area contributed by atoms with Crippen molar-refractivity contribution in [3.63, 3.8) is 0 Å². The van der Waals surface area contributed by atoms with E-state index in [0.717, 1.165) is 17.2 Å². The van der Waals surface area contributed by atoms with Crippen LogP contribution in [0.3, 0.4) is 0 Å². The molecule has 0 atom stereocenters. The lowest BCUT2D eigenvalue weighted by atomic mass is 10.1. The number of nitro groups is 1. The van der Waals surface area contributed by atoms with E-state index in [4.69, 9.17) is 14.2 Å². The minimum Gasteiger partial charge on any atom is -0.454 e. The van der Waals surface area contributed by atoms with Gasteiger partial charge in [-0.1, -0.05) is 29.8 Å². The van der Waals surface area contributed by atoms with Gasteiger partial charge in [-0.3, -0.25) is 14.9 Å². The van der Waals surface area contributed by atoms with E-state index in [9.17, 15) is 19.7 Å². The van der Waals surface area contributed by atoms with Crippen molar-refractivity contribution in [2.45, 2.75) is 13.5 Å². The molecule has 1 heterocycles. The molecule has 1 amide bonds. The molecule has 0 unspecified atom stereocenters. The molecular formula is C19H18N2O7. The summed E-state index contributed by atoms with van der Waals surface area (Å²) in [6.45, 7) is 1.69. The SMILES string of the molecule is Cc1ccc(CN(C)C(=O)COC(=O)c2cc3c(cc2[N+](=O)[O-])OCO3)cc1. The van der Waals surface area contributed by atoms with Crippen molar-refractivity contribution in [1.29, 1.82) is 0 Å². The van der Waals surface area contributed by atoms with Crippen LogP contribution in [-0.4, -0.2) is 42.1 Å². The van der Waals surface area contributed by atoms with Gasteiger partial charge in [0.25, 0.3) is 11.6 Å². The number of likely N-dealkylation sites (N-methyl/N-ethyl adjacent to an activating group) is 1. The van der Waals surface area contributed by atoms with Crippen molar-refractivity contribution in [3.05, 3.63) is 63.2 Å². The molecule has 0 radical (unpaired) electrons. The summed E-state index contributed by atoms with van der Waals surface area (Å²) in [5.41, 5.74) is 1.26. The fraction of sp³-hybridized carbons (Fsp3) is 0.263. The molecule has 0 spiro atoms. The zero-order chi connectivity index (χ0) is 20.3. The van der Waals surface area contributed by atoms with E-state index in [1.54, 1.807) is 7.05 Å². The first-order valence-electron chi connectivity index (χ1n) is 8.40. The molecule has 0 aromatic heterocycles. The molecule has 0 fully saturated rings. The first-order valence-corrected chi connectivity index (χ1v) is 8.40. The Morgan fingerprint density at radius 3 is 2.46 bits per heavy atom. The molecule has 9 nitrogen and oxygen atoms in total. The van der Waals surface area contributed by atoms with Crippen LogP contribution in [0.15, 0.2) is 36.4 Å². The number of carbonyl (C=O) groups is 2. The maximum Gasteiger partial charge on any atom is 0.345 e. The lowest BCUT2D eigenvalue weighted by Crippen LogP contribution is -2.30. The summed E-state index contributed by atoms with van der Waals surface area (Å²) in [5.74, 6) is -1.03. The van der Waals surface area contributed by atoms with E-state index >= 15 is 0 Å². The molecule has 2 aromatic rings. The Bertz CT molecular complexity index is 925. The zero-order valence-electron chi connectivity index (χ0n) is 15.3. The van der Waals surface area contributed by atoms with Crippen LogP contribution in [0.1, 0.15) is 21.5 Å². The highest BCUT2D eigenvalue weighted by Gasteiger charge is 2.28. The monoisotopic (exact) mass is 386 g/mol. The highest BCUT2D eigenvalue weighted by atomic mass is 16.7. The Kier molecular flexibility index (Phi) is 5.44. The summed E-state index contributed by atoms with van der Waals surface area (Å²) in [5, 5.41) is 11.2. The molecular weight excluding hydrogens is 368 g/mol. The Morgan fingerprint density at radius 2 is 1.82 bits per heavy atom. The number of esters is 1. The quantitative estimate of drug-likeness (QED) is 0.426. The molecule has 0 bridgehead atoms. The van der Waals surface area contributed by atoms with Crippen LogP contribution in [0.2, 0.25) is 0 Å². The lowest BCUT2D eigenvalue weighted by molar-refractivity contribution is -0.385. The predicted octanol–water partition coefficient (Wildman–Crippen LogP) is 2.45. The first kappa shape index (κ1) is 19.2. The maximum atomic E-state index is 12.3. The molecule has 1 aliphatic heterocycles. The maximum absolute atomic E-state index is 12.3. The van der Waals surface area contributed by atoms with Crippen LogP contribution in [-0.2, 0) is 16.1 Å². The summed E-state index contributed by atoms with van der Waals surface area (Å²) in [7, 11) is 1.58. The van der Waals surface area contributed by atoms with Crippen molar-refractivity contribution < 1.29 is 28.7 Å². The Morgan fingerprint density at radius 1 is 1.18 bits per heavy atom. The number of benzene rings is 2. The van der Waals surface area contributed by atoms with Crippen LogP contribution < -0.4 is 9.47 Å². The molecule has 0 saturated heterocycles. The van der Waals surface area contributed by atoms with Gasteiger partial charge < -0.3 is 19.1 Å². The normalized spacial score (nSPS) is 11.8. The third-order valence-corrected chi connectivity index (χ3v) is 4.20. The van der Waals surface area contributed by atoms with Crippen molar-refractivity contribution in [3.8, 4) is 11.5 Å². The highest BCUT2D eigenvalue weighted by Crippen LogP contribution is 2.38. The van der Waals surface area contributed by atoms with Crippen LogP contribution in [0.5, 0.6) is 11.5 Å². The van der Waals surface area contributed by atoms with Crippen LogP contribution in [0, 0.1) is 17.0 Å². The minimum atomic E-state index is -0.984. The largest absolute Gasteiger partial charge is 0.454 e. The smallest absolute Gasteiger partial charge is 0.345 e. The number of ether oxygens (including phenoxy) is 3. The second kappa shape index (κ2) is 7.95. The van der Waals surface area contributed by atoms with E-state index < -0.39 is 29.1 Å². The highest BCUT2D eigenvalue weighted by molar-refractivity contribution is 5.96. The molecule has 0 aliphatic carbocycles. The van der Waals surface area contributed by atoms with E-state index in [1.807, 2.05) is 31.2 Å². The number of amides is 1. The first-order chi connectivity index (χ1) is 13.3. The number of nitro benzene ring substituents is 1. The van der Waals surface area contributed by atoms with E-state index in [2.05, 4.69) is 0 Å². The average molecular weight is 386 g/mol. The van der Waals surface area contributed by atoms with Gasteiger partial charge in [-0.15, -0.1) is 0 Å². The van der Waals surface area contributed by atoms with Crippen LogP contribution in [0.25, 0.3) is 0 Å². The predicted molar refractivity (Wildman–Crippen MR) is 97.2 cm³/mol. The second-order valence-electron chi connectivity index (χ2n) is 6.29. The van der Waals surface area contributed by atoms with Gasteiger partial charge in [-0.25, -0.2) is 4.79 Å². The average Bonchev–Trinajstić information content (AvgIpc) is 3.14. The third kappa shape index (κ3) is 4.20. The lowest BCUT2D eigenvalue weighted by Gasteiger charge is -2.17. The zero-order valence-corrected chi connectivity index (χ0v) is 15.3. The Balaban J connectivity index is 1.64. The topological polar surface area (TPSA) is 108 Å². The summed E-state index contributed by atoms with van der Waals surface area (Å²) in [6, 6.07) is 9.97. The standard InChI is InChI=1S/C19H18N2O7/c1-12-3-5-13(6-4-12)9-20(2)18(22)10-26-19(23)14-7-16-17(28-11-27-16)8-15(14)21(24)25/h3-8H,9-11H2,1-2H3. The molecule has 2 aromatic carbocycles. The van der Waals surface area contributed by atoms with E-state index in [0.29, 0.717) is 6.54 Å². The van der Waals surface area contributed by atoms with E-state index in [1.165, 1.54) is 11.0 Å². The van der Waals surface area contributed by atoms with Gasteiger partial charge in [0.2, 0.25) is 6.79 Å². The van der Waals surface area contributed by atoms with Crippen molar-refractivity contribution in [1.82, 2.24) is 4.90 Å². The second-order valence-corrected chi connectivity index (χ2v) is 6.29. The third-order valence-electron chi connectivity index (χ3n) is 4.20. The van der Waals surface area contributed by atoms with Crippen LogP contribution >= 0.6 is 0 Å². The number of hydrogen-bond donors (Lipinski definition) is 0. The Labute approximate surface area is 160 Å². The summed E-state index contributed by atoms with van der Waals surface area (Å²) in [6.07, 6.45) is 0. The minimum absolute atomic E-state index is 0.0900. The van der Waals surface area contributed by atoms with Crippen molar-refractivity contribution in [2.75, 3.05) is 20.4 Å². The van der Waals surface area contributed by atoms with Gasteiger partial charge in [-0.2, -0.15) is 0 Å². The van der Waals surface area contributed by atoms with E-state index in [-0.39, 0.29) is 23.9 Å². The molecule has 9 heteroatoms. The summed E-state index contributed by atoms with van der Waals surface area (Å²) < 4.78 is 15.2. The van der Waals surface area contributed by atoms with Gasteiger partial charge in [-0.05, 0) is 12.5 Å². The Hall–Kier alpha value is -3.62. The molecule has 146 valence electrons. The number of carbonyl (C=O) groups excluding carboxylic acids is 2. The molecule has 1 aliphatic rings. The van der Waals surface area contributed by atoms with Gasteiger partial charge in [0.15, 0.2) is 18.1 Å². The summed E-state index contributed by atoms with van der Waals surface area (Å²) in [4.78, 5) is 36.4. The van der Waals surface area contributed by atoms with Gasteiger partial charge in [0.05, 0.1) is 11.0 Å². The number of rotatable bonds is 6. The number of nitrogens with zero attached hydrogens (tertiary/aromatic N) is 2. The van der Waals surface area contributed by atoms with Crippen molar-refractivity contribution in [2.24, 2.45) is 0 Å². The van der Waals surface area contributed by atoms with Gasteiger partial charge in [0, 0.05) is 19.7 Å². The fourth-order valence-electron chi connectivity index (χ4n) is 2.62. The molecule has 0 saturated carbocycles. The van der Waals surface area contributed by atoms with Crippen LogP contribution in [0.4, 0.5) is 5.69 Å².